The van der Waals surface area contributed by atoms with Crippen LogP contribution in [-0.4, -0.2) is 20.3 Å². The molecule has 0 saturated heterocycles. The van der Waals surface area contributed by atoms with E-state index in [4.69, 9.17) is 10.5 Å². The van der Waals surface area contributed by atoms with Gasteiger partial charge in [0.05, 0.1) is 0 Å². The van der Waals surface area contributed by atoms with Gasteiger partial charge in [-0.05, 0) is 6.42 Å². The van der Waals surface area contributed by atoms with E-state index in [9.17, 15) is 4.79 Å². The number of carbonyl (C=O) groups excluding carboxylic acids is 1. The fraction of sp³-hybridized carbons (Fsp3) is 0.750. The van der Waals surface area contributed by atoms with Crippen LogP contribution in [0.2, 0.25) is 19.6 Å². The van der Waals surface area contributed by atoms with Gasteiger partial charge in [-0.15, -0.1) is 11.5 Å². The number of hydrogen-bond donors (Lipinski definition) is 1. The van der Waals surface area contributed by atoms with Crippen LogP contribution < -0.4 is 5.73 Å². The van der Waals surface area contributed by atoms with Crippen molar-refractivity contribution in [2.24, 2.45) is 5.73 Å². The Balaban J connectivity index is 4.18. The maximum Gasteiger partial charge on any atom is 0.404 e. The minimum Gasteiger partial charge on any atom is -0.445 e. The molecule has 16 heavy (non-hydrogen) atoms. The number of rotatable bonds is 5. The summed E-state index contributed by atoms with van der Waals surface area (Å²) in [5.74, 6) is 3.12. The van der Waals surface area contributed by atoms with Crippen LogP contribution in [0.15, 0.2) is 0 Å². The van der Waals surface area contributed by atoms with Gasteiger partial charge < -0.3 is 10.5 Å². The molecule has 1 atom stereocenters. The van der Waals surface area contributed by atoms with Gasteiger partial charge in [0.15, 0.2) is 0 Å². The molecule has 1 amide bonds. The summed E-state index contributed by atoms with van der Waals surface area (Å²) in [5.41, 5.74) is 8.28. The third kappa shape index (κ3) is 9.60. The summed E-state index contributed by atoms with van der Waals surface area (Å²) < 4.78 is 5.02. The fourth-order valence-corrected chi connectivity index (χ4v) is 1.86. The molecule has 0 saturated carbocycles. The third-order valence-electron chi connectivity index (χ3n) is 1.96. The average Bonchev–Trinajstić information content (AvgIpc) is 2.11. The van der Waals surface area contributed by atoms with E-state index in [0.29, 0.717) is 6.42 Å². The molecule has 0 aliphatic carbocycles. The average molecular weight is 241 g/mol. The van der Waals surface area contributed by atoms with Gasteiger partial charge in [-0.1, -0.05) is 39.4 Å². The first-order valence-corrected chi connectivity index (χ1v) is 9.31. The van der Waals surface area contributed by atoms with Gasteiger partial charge >= 0.3 is 6.09 Å². The van der Waals surface area contributed by atoms with Crippen molar-refractivity contribution in [3.8, 4) is 11.5 Å². The highest BCUT2D eigenvalue weighted by Crippen LogP contribution is 2.08. The molecule has 0 spiro atoms. The molecule has 3 nitrogen and oxygen atoms in total. The number of carbonyl (C=O) groups is 1. The molecular weight excluding hydrogens is 218 g/mol. The molecule has 0 bridgehead atoms. The highest BCUT2D eigenvalue weighted by atomic mass is 28.3. The zero-order valence-corrected chi connectivity index (χ0v) is 11.8. The van der Waals surface area contributed by atoms with Crippen molar-refractivity contribution in [1.82, 2.24) is 0 Å². The number of ether oxygens (including phenoxy) is 1. The standard InChI is InChI=1S/C12H23NO2Si/c1-5-6-8-11(15-12(13)14)9-7-10-16(2,3)4/h11H,5-6,8-9H2,1-4H3,(H2,13,14)/t11-/m0/s1. The SMILES string of the molecule is CCCC[C@@H](CC#C[Si](C)(C)C)OC(N)=O. The van der Waals surface area contributed by atoms with Crippen LogP contribution in [0, 0.1) is 11.5 Å². The molecule has 0 aromatic rings. The van der Waals surface area contributed by atoms with E-state index in [2.05, 4.69) is 38.0 Å². The van der Waals surface area contributed by atoms with E-state index >= 15 is 0 Å². The Morgan fingerprint density at radius 1 is 1.44 bits per heavy atom. The van der Waals surface area contributed by atoms with Crippen LogP contribution in [0.25, 0.3) is 0 Å². The Morgan fingerprint density at radius 2 is 2.06 bits per heavy atom. The van der Waals surface area contributed by atoms with E-state index in [1.54, 1.807) is 0 Å². The van der Waals surface area contributed by atoms with Gasteiger partial charge in [0.2, 0.25) is 0 Å². The van der Waals surface area contributed by atoms with Crippen LogP contribution >= 0.6 is 0 Å². The van der Waals surface area contributed by atoms with E-state index < -0.39 is 14.2 Å². The highest BCUT2D eigenvalue weighted by Gasteiger charge is 2.11. The Labute approximate surface area is 99.7 Å². The number of amides is 1. The monoisotopic (exact) mass is 241 g/mol. The first-order valence-electron chi connectivity index (χ1n) is 5.81. The maximum atomic E-state index is 10.7. The Morgan fingerprint density at radius 3 is 2.50 bits per heavy atom. The molecule has 2 N–H and O–H groups in total. The van der Waals surface area contributed by atoms with Crippen molar-refractivity contribution >= 4 is 14.2 Å². The molecule has 92 valence electrons. The molecular formula is C12H23NO2Si. The van der Waals surface area contributed by atoms with Crippen molar-refractivity contribution in [2.75, 3.05) is 0 Å². The highest BCUT2D eigenvalue weighted by molar-refractivity contribution is 6.83. The minimum absolute atomic E-state index is 0.138. The lowest BCUT2D eigenvalue weighted by Crippen LogP contribution is -2.23. The first-order chi connectivity index (χ1) is 7.35. The first kappa shape index (κ1) is 15.0. The lowest BCUT2D eigenvalue weighted by Gasteiger charge is -2.13. The lowest BCUT2D eigenvalue weighted by atomic mass is 10.1. The summed E-state index contributed by atoms with van der Waals surface area (Å²) >= 11 is 0. The minimum atomic E-state index is -1.33. The van der Waals surface area contributed by atoms with Gasteiger partial charge in [-0.3, -0.25) is 0 Å². The molecule has 0 aromatic heterocycles. The molecule has 0 radical (unpaired) electrons. The van der Waals surface area contributed by atoms with Crippen molar-refractivity contribution in [3.05, 3.63) is 0 Å². The Hall–Kier alpha value is -0.953. The summed E-state index contributed by atoms with van der Waals surface area (Å²) in [6, 6.07) is 0. The molecule has 4 heteroatoms. The number of hydrogen-bond acceptors (Lipinski definition) is 2. The predicted octanol–water partition coefficient (Wildman–Crippen LogP) is 2.91. The van der Waals surface area contributed by atoms with Gasteiger partial charge in [0, 0.05) is 6.42 Å². The summed E-state index contributed by atoms with van der Waals surface area (Å²) in [7, 11) is -1.33. The predicted molar refractivity (Wildman–Crippen MR) is 69.7 cm³/mol. The summed E-state index contributed by atoms with van der Waals surface area (Å²) in [6.07, 6.45) is 2.73. The zero-order chi connectivity index (χ0) is 12.6. The Kier molecular flexibility index (Phi) is 6.90. The summed E-state index contributed by atoms with van der Waals surface area (Å²) in [6.45, 7) is 8.68. The number of primary amides is 1. The molecule has 0 unspecified atom stereocenters. The number of unbranched alkanes of at least 4 members (excludes halogenated alkanes) is 1. The molecule has 0 aliphatic rings. The quantitative estimate of drug-likeness (QED) is 0.594. The largest absolute Gasteiger partial charge is 0.445 e. The van der Waals surface area contributed by atoms with Crippen LogP contribution in [0.4, 0.5) is 4.79 Å². The van der Waals surface area contributed by atoms with E-state index in [1.807, 2.05) is 0 Å². The smallest absolute Gasteiger partial charge is 0.404 e. The van der Waals surface area contributed by atoms with E-state index in [0.717, 1.165) is 19.3 Å². The van der Waals surface area contributed by atoms with Gasteiger partial charge in [0.1, 0.15) is 14.2 Å². The van der Waals surface area contributed by atoms with Gasteiger partial charge in [-0.25, -0.2) is 4.79 Å². The molecule has 0 heterocycles. The van der Waals surface area contributed by atoms with Crippen molar-refractivity contribution in [1.29, 1.82) is 0 Å². The van der Waals surface area contributed by atoms with E-state index in [-0.39, 0.29) is 6.10 Å². The second-order valence-electron chi connectivity index (χ2n) is 4.96. The van der Waals surface area contributed by atoms with Gasteiger partial charge in [0.25, 0.3) is 0 Å². The van der Waals surface area contributed by atoms with Crippen LogP contribution in [0.3, 0.4) is 0 Å². The molecule has 0 fully saturated rings. The van der Waals surface area contributed by atoms with Crippen molar-refractivity contribution < 1.29 is 9.53 Å². The lowest BCUT2D eigenvalue weighted by molar-refractivity contribution is 0.102. The maximum absolute atomic E-state index is 10.7. The molecule has 0 aliphatic heterocycles. The second-order valence-corrected chi connectivity index (χ2v) is 9.71. The van der Waals surface area contributed by atoms with E-state index in [1.165, 1.54) is 0 Å². The van der Waals surface area contributed by atoms with Crippen molar-refractivity contribution in [2.45, 2.75) is 58.4 Å². The van der Waals surface area contributed by atoms with Crippen LogP contribution in [0.1, 0.15) is 32.6 Å². The van der Waals surface area contributed by atoms with Crippen LogP contribution in [-0.2, 0) is 4.74 Å². The normalized spacial score (nSPS) is 12.5. The summed E-state index contributed by atoms with van der Waals surface area (Å²) in [4.78, 5) is 10.7. The number of nitrogens with two attached hydrogens (primary N) is 1. The Bertz CT molecular complexity index is 273. The second kappa shape index (κ2) is 7.34. The molecule has 0 aromatic carbocycles. The fourth-order valence-electron chi connectivity index (χ4n) is 1.23. The van der Waals surface area contributed by atoms with Gasteiger partial charge in [-0.2, -0.15) is 0 Å². The topological polar surface area (TPSA) is 52.3 Å². The third-order valence-corrected chi connectivity index (χ3v) is 2.88. The van der Waals surface area contributed by atoms with Crippen LogP contribution in [0.5, 0.6) is 0 Å². The molecule has 0 rings (SSSR count). The zero-order valence-electron chi connectivity index (χ0n) is 10.8. The summed E-state index contributed by atoms with van der Waals surface area (Å²) in [5, 5.41) is 0. The van der Waals surface area contributed by atoms with Crippen molar-refractivity contribution in [3.63, 3.8) is 0 Å².